The number of piperazine rings is 1. The quantitative estimate of drug-likeness (QED) is 0.541. The molecular formula is C18H18N8S. The van der Waals surface area contributed by atoms with Gasteiger partial charge in [-0.25, -0.2) is 9.97 Å². The third-order valence-corrected chi connectivity index (χ3v) is 5.71. The largest absolute Gasteiger partial charge is 0.352 e. The fraction of sp³-hybridized carbons (Fsp3) is 0.278. The highest BCUT2D eigenvalue weighted by molar-refractivity contribution is 7.18. The second-order valence-corrected chi connectivity index (χ2v) is 7.71. The lowest BCUT2D eigenvalue weighted by atomic mass is 10.2. The van der Waals surface area contributed by atoms with E-state index in [0.29, 0.717) is 0 Å². The summed E-state index contributed by atoms with van der Waals surface area (Å²) in [4.78, 5) is 15.8. The van der Waals surface area contributed by atoms with E-state index in [1.54, 1.807) is 22.3 Å². The van der Waals surface area contributed by atoms with Gasteiger partial charge in [-0.1, -0.05) is 23.3 Å². The molecule has 0 bridgehead atoms. The van der Waals surface area contributed by atoms with Crippen LogP contribution in [0.15, 0.2) is 42.7 Å². The highest BCUT2D eigenvalue weighted by Crippen LogP contribution is 2.30. The zero-order valence-electron chi connectivity index (χ0n) is 14.9. The van der Waals surface area contributed by atoms with E-state index < -0.39 is 0 Å². The summed E-state index contributed by atoms with van der Waals surface area (Å²) in [6.45, 7) is 5.51. The fourth-order valence-corrected chi connectivity index (χ4v) is 4.29. The molecule has 1 saturated heterocycles. The number of aromatic nitrogens is 6. The van der Waals surface area contributed by atoms with Gasteiger partial charge in [-0.3, -0.25) is 0 Å². The Morgan fingerprint density at radius 3 is 2.56 bits per heavy atom. The Kier molecular flexibility index (Phi) is 3.93. The summed E-state index contributed by atoms with van der Waals surface area (Å²) >= 11 is 1.71. The third kappa shape index (κ3) is 2.89. The smallest absolute Gasteiger partial charge is 0.250 e. The molecule has 3 aromatic heterocycles. The number of hydrogen-bond donors (Lipinski definition) is 0. The van der Waals surface area contributed by atoms with Gasteiger partial charge in [-0.2, -0.15) is 4.68 Å². The topological polar surface area (TPSA) is 75.9 Å². The van der Waals surface area contributed by atoms with Crippen molar-refractivity contribution in [2.45, 2.75) is 6.92 Å². The molecule has 136 valence electrons. The molecule has 0 atom stereocenters. The van der Waals surface area contributed by atoms with E-state index in [1.165, 1.54) is 4.88 Å². The highest BCUT2D eigenvalue weighted by atomic mass is 32.1. The van der Waals surface area contributed by atoms with E-state index in [2.05, 4.69) is 48.3 Å². The predicted molar refractivity (Wildman–Crippen MR) is 106 cm³/mol. The Bertz CT molecular complexity index is 1070. The molecule has 1 aliphatic heterocycles. The number of thiophene rings is 1. The van der Waals surface area contributed by atoms with E-state index in [-0.39, 0.29) is 0 Å². The molecule has 9 heteroatoms. The molecule has 0 amide bonds. The molecule has 1 aromatic carbocycles. The highest BCUT2D eigenvalue weighted by Gasteiger charge is 2.24. The van der Waals surface area contributed by atoms with Crippen LogP contribution >= 0.6 is 11.3 Å². The van der Waals surface area contributed by atoms with Crippen LogP contribution < -0.4 is 9.80 Å². The molecule has 0 radical (unpaired) electrons. The minimum absolute atomic E-state index is 0.778. The van der Waals surface area contributed by atoms with Crippen LogP contribution in [0, 0.1) is 6.92 Å². The molecule has 4 heterocycles. The van der Waals surface area contributed by atoms with E-state index in [0.717, 1.165) is 53.8 Å². The van der Waals surface area contributed by atoms with Crippen LogP contribution in [0.1, 0.15) is 4.88 Å². The van der Waals surface area contributed by atoms with Crippen molar-refractivity contribution in [3.8, 4) is 5.69 Å². The first-order valence-corrected chi connectivity index (χ1v) is 9.66. The first-order chi connectivity index (χ1) is 13.3. The number of anilines is 2. The summed E-state index contributed by atoms with van der Waals surface area (Å²) in [7, 11) is 0. The van der Waals surface area contributed by atoms with Crippen LogP contribution in [0.2, 0.25) is 0 Å². The second kappa shape index (κ2) is 6.58. The molecule has 0 N–H and O–H groups in total. The van der Waals surface area contributed by atoms with Gasteiger partial charge in [0.15, 0.2) is 0 Å². The molecule has 0 unspecified atom stereocenters. The Morgan fingerprint density at radius 1 is 0.963 bits per heavy atom. The summed E-state index contributed by atoms with van der Waals surface area (Å²) in [5, 5.41) is 13.4. The number of nitrogens with zero attached hydrogens (tertiary/aromatic N) is 8. The van der Waals surface area contributed by atoms with E-state index in [1.807, 2.05) is 30.3 Å². The molecule has 0 saturated carbocycles. The molecule has 0 aliphatic carbocycles. The number of hydrogen-bond acceptors (Lipinski definition) is 8. The van der Waals surface area contributed by atoms with Gasteiger partial charge < -0.3 is 9.80 Å². The van der Waals surface area contributed by atoms with Gasteiger partial charge in [0.2, 0.25) is 5.95 Å². The average Bonchev–Trinajstić information content (AvgIpc) is 3.34. The lowest BCUT2D eigenvalue weighted by molar-refractivity contribution is 0.628. The van der Waals surface area contributed by atoms with Gasteiger partial charge in [-0.05, 0) is 35.5 Å². The van der Waals surface area contributed by atoms with Crippen LogP contribution in [-0.2, 0) is 0 Å². The minimum Gasteiger partial charge on any atom is -0.352 e. The maximum atomic E-state index is 4.55. The second-order valence-electron chi connectivity index (χ2n) is 6.47. The zero-order chi connectivity index (χ0) is 18.2. The van der Waals surface area contributed by atoms with Crippen molar-refractivity contribution >= 4 is 33.3 Å². The van der Waals surface area contributed by atoms with Crippen LogP contribution in [0.5, 0.6) is 0 Å². The van der Waals surface area contributed by atoms with Crippen molar-refractivity contribution in [3.63, 3.8) is 0 Å². The van der Waals surface area contributed by atoms with Gasteiger partial charge in [-0.15, -0.1) is 11.3 Å². The first kappa shape index (κ1) is 16.1. The lowest BCUT2D eigenvalue weighted by Gasteiger charge is -2.35. The van der Waals surface area contributed by atoms with E-state index >= 15 is 0 Å². The van der Waals surface area contributed by atoms with Crippen LogP contribution in [0.25, 0.3) is 15.9 Å². The number of para-hydroxylation sites is 1. The lowest BCUT2D eigenvalue weighted by Crippen LogP contribution is -2.47. The first-order valence-electron chi connectivity index (χ1n) is 8.84. The van der Waals surface area contributed by atoms with Crippen molar-refractivity contribution in [2.24, 2.45) is 0 Å². The van der Waals surface area contributed by atoms with Gasteiger partial charge in [0.1, 0.15) is 17.0 Å². The number of benzene rings is 1. The summed E-state index contributed by atoms with van der Waals surface area (Å²) in [6.07, 6.45) is 1.66. The van der Waals surface area contributed by atoms with Gasteiger partial charge in [0, 0.05) is 31.1 Å². The minimum atomic E-state index is 0.778. The Hall–Kier alpha value is -3.07. The zero-order valence-corrected chi connectivity index (χ0v) is 15.7. The van der Waals surface area contributed by atoms with Crippen molar-refractivity contribution < 1.29 is 0 Å². The van der Waals surface area contributed by atoms with Crippen LogP contribution in [0.4, 0.5) is 11.8 Å². The van der Waals surface area contributed by atoms with E-state index in [9.17, 15) is 0 Å². The molecule has 8 nitrogen and oxygen atoms in total. The van der Waals surface area contributed by atoms with Crippen molar-refractivity contribution in [1.29, 1.82) is 0 Å². The monoisotopic (exact) mass is 378 g/mol. The number of rotatable bonds is 3. The number of tetrazole rings is 1. The molecule has 5 rings (SSSR count). The Labute approximate surface area is 160 Å². The summed E-state index contributed by atoms with van der Waals surface area (Å²) in [6, 6.07) is 12.2. The van der Waals surface area contributed by atoms with Crippen molar-refractivity contribution in [2.75, 3.05) is 36.0 Å². The molecule has 1 aliphatic rings. The number of aryl methyl sites for hydroxylation is 1. The molecular weight excluding hydrogens is 360 g/mol. The number of fused-ring (bicyclic) bond motifs is 1. The Morgan fingerprint density at radius 2 is 1.74 bits per heavy atom. The summed E-state index contributed by atoms with van der Waals surface area (Å²) in [5.41, 5.74) is 0.964. The SMILES string of the molecule is Cc1cc2c(N3CCN(c4nnnn4-c4ccccc4)CC3)ncnc2s1. The van der Waals surface area contributed by atoms with Crippen LogP contribution in [-0.4, -0.2) is 56.4 Å². The van der Waals surface area contributed by atoms with Gasteiger partial charge in [0.25, 0.3) is 0 Å². The molecule has 1 fully saturated rings. The average molecular weight is 378 g/mol. The Balaban J connectivity index is 1.37. The maximum Gasteiger partial charge on any atom is 0.250 e. The van der Waals surface area contributed by atoms with E-state index in [4.69, 9.17) is 0 Å². The van der Waals surface area contributed by atoms with Gasteiger partial charge >= 0.3 is 0 Å². The molecule has 27 heavy (non-hydrogen) atoms. The summed E-state index contributed by atoms with van der Waals surface area (Å²) < 4.78 is 1.79. The van der Waals surface area contributed by atoms with Crippen LogP contribution in [0.3, 0.4) is 0 Å². The predicted octanol–water partition coefficient (Wildman–Crippen LogP) is 2.30. The van der Waals surface area contributed by atoms with Gasteiger partial charge in [0.05, 0.1) is 11.1 Å². The molecule has 0 spiro atoms. The standard InChI is InChI=1S/C18H18N8S/c1-13-11-15-16(19-12-20-17(15)27-13)24-7-9-25(10-8-24)18-21-22-23-26(18)14-5-3-2-4-6-14/h2-6,11-12H,7-10H2,1H3. The third-order valence-electron chi connectivity index (χ3n) is 4.75. The van der Waals surface area contributed by atoms with Crippen molar-refractivity contribution in [1.82, 2.24) is 30.2 Å². The fourth-order valence-electron chi connectivity index (χ4n) is 3.45. The molecule has 4 aromatic rings. The summed E-state index contributed by atoms with van der Waals surface area (Å²) in [5.74, 6) is 1.80. The van der Waals surface area contributed by atoms with Crippen molar-refractivity contribution in [3.05, 3.63) is 47.6 Å². The maximum absolute atomic E-state index is 4.55. The normalized spacial score (nSPS) is 14.9.